The Balaban J connectivity index is 0.000000246. The molecule has 0 saturated heterocycles. The molecule has 0 unspecified atom stereocenters. The topological polar surface area (TPSA) is 295 Å². The number of phenols is 2. The number of nitro groups is 3. The van der Waals surface area contributed by atoms with E-state index in [0.29, 0.717) is 23.1 Å². The molecule has 6 aromatic rings. The summed E-state index contributed by atoms with van der Waals surface area (Å²) < 4.78 is 2.51. The van der Waals surface area contributed by atoms with Crippen molar-refractivity contribution in [1.82, 2.24) is 19.6 Å². The average Bonchev–Trinajstić information content (AvgIpc) is 3.59. The molecule has 0 bridgehead atoms. The van der Waals surface area contributed by atoms with Crippen molar-refractivity contribution in [3.63, 3.8) is 0 Å². The fourth-order valence-corrected chi connectivity index (χ4v) is 5.05. The number of halogens is 1. The number of nitro benzene ring substituents is 3. The molecule has 0 saturated carbocycles. The molecule has 6 rings (SSSR count). The van der Waals surface area contributed by atoms with Crippen molar-refractivity contribution in [2.75, 3.05) is 0 Å². The molecule has 0 aliphatic rings. The number of aromatic nitrogens is 4. The summed E-state index contributed by atoms with van der Waals surface area (Å²) in [5.74, 6) is -2.16. The third-order valence-corrected chi connectivity index (χ3v) is 7.68. The third-order valence-electron chi connectivity index (χ3n) is 7.47. The number of azo groups is 2. The van der Waals surface area contributed by atoms with Crippen molar-refractivity contribution < 1.29 is 52.6 Å². The van der Waals surface area contributed by atoms with Crippen LogP contribution in [0.2, 0.25) is 5.02 Å². The van der Waals surface area contributed by atoms with E-state index in [2.05, 4.69) is 30.7 Å². The van der Waals surface area contributed by atoms with Crippen LogP contribution in [0.3, 0.4) is 0 Å². The van der Waals surface area contributed by atoms with Crippen LogP contribution in [0.4, 0.5) is 39.8 Å². The van der Waals surface area contributed by atoms with E-state index in [1.54, 1.807) is 56.3 Å². The molecule has 0 spiro atoms. The van der Waals surface area contributed by atoms with E-state index in [1.165, 1.54) is 15.4 Å². The van der Waals surface area contributed by atoms with Gasteiger partial charge in [-0.2, -0.15) is 19.6 Å². The van der Waals surface area contributed by atoms with Gasteiger partial charge in [0.2, 0.25) is 23.3 Å². The van der Waals surface area contributed by atoms with Crippen LogP contribution in [-0.4, -0.2) is 54.8 Å². The number of hydrogen-bond donors (Lipinski definition) is 4. The van der Waals surface area contributed by atoms with Gasteiger partial charge < -0.3 is 20.4 Å². The maximum Gasteiger partial charge on any atom is 0.319 e. The minimum absolute atomic E-state index is 0. The number of benzene rings is 4. The summed E-state index contributed by atoms with van der Waals surface area (Å²) in [6.07, 6.45) is 0. The number of hydrogen-bond acceptors (Lipinski definition) is 16. The Morgan fingerprint density at radius 3 is 1.59 bits per heavy atom. The number of aromatic hydroxyl groups is 4. The van der Waals surface area contributed by atoms with E-state index in [1.807, 2.05) is 19.1 Å². The maximum atomic E-state index is 11.0. The van der Waals surface area contributed by atoms with Gasteiger partial charge in [0.25, 0.3) is 5.69 Å². The van der Waals surface area contributed by atoms with Crippen LogP contribution in [-0.2, 0) is 17.4 Å². The molecule has 0 fully saturated rings. The van der Waals surface area contributed by atoms with Crippen molar-refractivity contribution >= 4 is 51.4 Å². The number of nitrogens with zero attached hydrogens (tertiary/aromatic N) is 11. The Kier molecular flexibility index (Phi) is 12.8. The Labute approximate surface area is 329 Å². The molecule has 23 heteroatoms. The number of phenolic OH excluding ortho intramolecular Hbond substituents is 2. The monoisotopic (exact) mass is 823 g/mol. The van der Waals surface area contributed by atoms with Gasteiger partial charge in [0.05, 0.1) is 43.6 Å². The van der Waals surface area contributed by atoms with Gasteiger partial charge in [-0.15, -0.1) is 20.5 Å². The van der Waals surface area contributed by atoms with Gasteiger partial charge in [-0.25, -0.2) is 0 Å². The first-order valence-corrected chi connectivity index (χ1v) is 15.8. The van der Waals surface area contributed by atoms with Gasteiger partial charge >= 0.3 is 11.4 Å². The Bertz CT molecular complexity index is 2540. The van der Waals surface area contributed by atoms with Crippen LogP contribution >= 0.6 is 11.6 Å². The summed E-state index contributed by atoms with van der Waals surface area (Å²) in [5.41, 5.74) is -0.00165. The zero-order valence-corrected chi connectivity index (χ0v) is 31.0. The SMILES string of the molecule is Cc1cccc(-n2nc(C)c(N=Nc3cc([N+](=O)[O-])cc([N+](=O)[O-])c3O)c2O)c1.Cc1nn(-c2ccccc2)c(O)c1N=Nc1cc(Cl)cc([N+](=O)[O-])c1O.[Cr]. The molecule has 0 radical (unpaired) electrons. The van der Waals surface area contributed by atoms with Gasteiger partial charge in [0.1, 0.15) is 11.4 Å². The zero-order valence-electron chi connectivity index (χ0n) is 28.9. The van der Waals surface area contributed by atoms with Gasteiger partial charge in [-0.05, 0) is 56.7 Å². The van der Waals surface area contributed by atoms with Crippen molar-refractivity contribution in [3.05, 3.63) is 131 Å². The standard InChI is InChI=1S/C17H14N6O6.C16H12ClN5O4.Cr/c1-9-4-3-5-11(6-9)21-17(25)15(10(2)20-21)19-18-13-7-12(22(26)27)8-14(16(13)24)23(28)29;1-9-14(16(24)21(20-9)11-5-3-2-4-6-11)19-18-12-7-10(17)8-13(15(12)23)22(25)26;/h3-8,24-25H,1-2H3;2-8,23-24H,1H3;. The molecule has 21 nitrogen and oxygen atoms in total. The average molecular weight is 824 g/mol. The first kappa shape index (κ1) is 41.5. The van der Waals surface area contributed by atoms with E-state index in [0.717, 1.165) is 17.7 Å². The van der Waals surface area contributed by atoms with Crippen LogP contribution in [0.1, 0.15) is 17.0 Å². The van der Waals surface area contributed by atoms with Gasteiger partial charge in [0.15, 0.2) is 11.4 Å². The number of non-ortho nitro benzene ring substituents is 1. The molecule has 0 amide bonds. The fraction of sp³-hybridized carbons (Fsp3) is 0.0909. The summed E-state index contributed by atoms with van der Waals surface area (Å²) in [7, 11) is 0. The first-order valence-electron chi connectivity index (χ1n) is 15.4. The molecular weight excluding hydrogens is 798 g/mol. The minimum atomic E-state index is -0.972. The van der Waals surface area contributed by atoms with E-state index in [-0.39, 0.29) is 56.9 Å². The second-order valence-electron chi connectivity index (χ2n) is 11.3. The molecule has 4 N–H and O–H groups in total. The molecule has 0 aliphatic carbocycles. The third kappa shape index (κ3) is 8.91. The molecule has 0 aliphatic heterocycles. The summed E-state index contributed by atoms with van der Waals surface area (Å²) >= 11 is 5.81. The van der Waals surface area contributed by atoms with Crippen LogP contribution in [0.15, 0.2) is 99.3 Å². The van der Waals surface area contributed by atoms with Crippen molar-refractivity contribution in [2.45, 2.75) is 20.8 Å². The van der Waals surface area contributed by atoms with E-state index in [9.17, 15) is 50.8 Å². The predicted octanol–water partition coefficient (Wildman–Crippen LogP) is 8.70. The second-order valence-corrected chi connectivity index (χ2v) is 11.7. The molecule has 286 valence electrons. The van der Waals surface area contributed by atoms with Gasteiger partial charge in [-0.1, -0.05) is 41.9 Å². The largest absolute Gasteiger partial charge is 0.501 e. The quantitative estimate of drug-likeness (QED) is 0.0604. The van der Waals surface area contributed by atoms with Crippen molar-refractivity contribution in [3.8, 4) is 34.6 Å². The van der Waals surface area contributed by atoms with Crippen molar-refractivity contribution in [2.24, 2.45) is 20.5 Å². The normalized spacial score (nSPS) is 10.9. The molecule has 0 atom stereocenters. The van der Waals surface area contributed by atoms with Gasteiger partial charge in [-0.3, -0.25) is 30.3 Å². The summed E-state index contributed by atoms with van der Waals surface area (Å²) in [5, 5.41) is 97.2. The van der Waals surface area contributed by atoms with E-state index >= 15 is 0 Å². The van der Waals surface area contributed by atoms with Crippen LogP contribution < -0.4 is 0 Å². The summed E-state index contributed by atoms with van der Waals surface area (Å²) in [4.78, 5) is 30.3. The zero-order chi connectivity index (χ0) is 40.1. The summed E-state index contributed by atoms with van der Waals surface area (Å²) in [6, 6.07) is 19.7. The smallest absolute Gasteiger partial charge is 0.319 e. The van der Waals surface area contributed by atoms with Crippen LogP contribution in [0, 0.1) is 51.1 Å². The summed E-state index contributed by atoms with van der Waals surface area (Å²) in [6.45, 7) is 5.04. The molecule has 4 aromatic carbocycles. The minimum Gasteiger partial charge on any atom is -0.501 e. The van der Waals surface area contributed by atoms with Crippen LogP contribution in [0.5, 0.6) is 23.3 Å². The number of rotatable bonds is 9. The maximum absolute atomic E-state index is 11.0. The molecule has 56 heavy (non-hydrogen) atoms. The van der Waals surface area contributed by atoms with Gasteiger partial charge in [0, 0.05) is 34.5 Å². The van der Waals surface area contributed by atoms with E-state index < -0.39 is 49.0 Å². The molecule has 2 heterocycles. The van der Waals surface area contributed by atoms with Crippen LogP contribution in [0.25, 0.3) is 11.4 Å². The first-order chi connectivity index (χ1) is 26.1. The number of para-hydroxylation sites is 1. The Morgan fingerprint density at radius 2 is 1.09 bits per heavy atom. The molecular formula is C33H26ClCrN11O10. The van der Waals surface area contributed by atoms with E-state index in [4.69, 9.17) is 11.6 Å². The Hall–Kier alpha value is -7.28. The molecule has 2 aromatic heterocycles. The Morgan fingerprint density at radius 1 is 0.607 bits per heavy atom. The van der Waals surface area contributed by atoms with Crippen molar-refractivity contribution in [1.29, 1.82) is 0 Å². The second kappa shape index (κ2) is 17.2. The number of aryl methyl sites for hydroxylation is 3. The predicted molar refractivity (Wildman–Crippen MR) is 194 cm³/mol. The fourth-order valence-electron chi connectivity index (χ4n) is 4.84.